The van der Waals surface area contributed by atoms with E-state index in [2.05, 4.69) is 49.1 Å². The van der Waals surface area contributed by atoms with Crippen molar-refractivity contribution in [3.05, 3.63) is 33.9 Å². The van der Waals surface area contributed by atoms with Crippen molar-refractivity contribution in [1.29, 1.82) is 0 Å². The molecular formula is C21H34OSn. The Balaban J connectivity index is 2.29. The summed E-state index contributed by atoms with van der Waals surface area (Å²) in [5.41, 5.74) is 2.89. The van der Waals surface area contributed by atoms with Gasteiger partial charge in [0.1, 0.15) is 0 Å². The van der Waals surface area contributed by atoms with E-state index in [0.29, 0.717) is 0 Å². The van der Waals surface area contributed by atoms with Crippen molar-refractivity contribution in [3.63, 3.8) is 0 Å². The van der Waals surface area contributed by atoms with Crippen molar-refractivity contribution in [1.82, 2.24) is 0 Å². The SMILES string of the molecule is CCC[CH2][Sn](/[CH]=C1/COc2ccccc21)([CH2]CCC)[CH2]CCC. The number of unbranched alkanes of at least 4 members (excludes halogenated alkanes) is 3. The van der Waals surface area contributed by atoms with Gasteiger partial charge >= 0.3 is 148 Å². The molecule has 0 unspecified atom stereocenters. The molecule has 0 bridgehead atoms. The third kappa shape index (κ3) is 5.27. The molecule has 0 atom stereocenters. The Bertz CT molecular complexity index is 485. The van der Waals surface area contributed by atoms with Gasteiger partial charge < -0.3 is 0 Å². The van der Waals surface area contributed by atoms with Crippen LogP contribution in [0.2, 0.25) is 13.3 Å². The van der Waals surface area contributed by atoms with Crippen LogP contribution in [0.1, 0.15) is 64.9 Å². The van der Waals surface area contributed by atoms with E-state index in [1.54, 1.807) is 0 Å². The summed E-state index contributed by atoms with van der Waals surface area (Å²) in [5.74, 6) is 1.10. The van der Waals surface area contributed by atoms with Crippen LogP contribution >= 0.6 is 0 Å². The van der Waals surface area contributed by atoms with E-state index in [9.17, 15) is 0 Å². The Morgan fingerprint density at radius 3 is 2.04 bits per heavy atom. The van der Waals surface area contributed by atoms with Crippen molar-refractivity contribution >= 4 is 24.0 Å². The van der Waals surface area contributed by atoms with Crippen LogP contribution in [0.25, 0.3) is 5.57 Å². The van der Waals surface area contributed by atoms with Crippen LogP contribution in [-0.2, 0) is 0 Å². The second-order valence-corrected chi connectivity index (χ2v) is 20.0. The van der Waals surface area contributed by atoms with Gasteiger partial charge in [0, 0.05) is 0 Å². The van der Waals surface area contributed by atoms with Crippen molar-refractivity contribution in [3.8, 4) is 5.75 Å². The molecule has 1 aliphatic rings. The maximum atomic E-state index is 5.94. The van der Waals surface area contributed by atoms with Gasteiger partial charge in [0.15, 0.2) is 0 Å². The van der Waals surface area contributed by atoms with Gasteiger partial charge in [0.2, 0.25) is 0 Å². The Hall–Kier alpha value is -0.441. The third-order valence-electron chi connectivity index (χ3n) is 5.18. The molecule has 128 valence electrons. The Morgan fingerprint density at radius 1 is 0.913 bits per heavy atom. The zero-order valence-corrected chi connectivity index (χ0v) is 18.2. The average Bonchev–Trinajstić information content (AvgIpc) is 2.99. The molecule has 0 saturated heterocycles. The van der Waals surface area contributed by atoms with E-state index < -0.39 is 18.4 Å². The van der Waals surface area contributed by atoms with Crippen LogP contribution in [-0.4, -0.2) is 25.0 Å². The number of benzene rings is 1. The van der Waals surface area contributed by atoms with Gasteiger partial charge in [-0.25, -0.2) is 0 Å². The molecule has 1 aromatic carbocycles. The van der Waals surface area contributed by atoms with Gasteiger partial charge in [-0.2, -0.15) is 0 Å². The van der Waals surface area contributed by atoms with Crippen molar-refractivity contribution in [2.45, 2.75) is 72.6 Å². The van der Waals surface area contributed by atoms with Crippen LogP contribution in [0.4, 0.5) is 0 Å². The molecule has 0 aromatic heterocycles. The van der Waals surface area contributed by atoms with E-state index in [0.717, 1.165) is 12.4 Å². The molecule has 1 aliphatic heterocycles. The summed E-state index contributed by atoms with van der Waals surface area (Å²) in [5, 5.41) is 0. The normalized spacial score (nSPS) is 15.7. The zero-order valence-electron chi connectivity index (χ0n) is 15.4. The maximum absolute atomic E-state index is 5.94. The first-order valence-corrected chi connectivity index (χ1v) is 17.4. The zero-order chi connectivity index (χ0) is 16.5. The van der Waals surface area contributed by atoms with Crippen LogP contribution < -0.4 is 4.74 Å². The summed E-state index contributed by atoms with van der Waals surface area (Å²) in [7, 11) is 0. The van der Waals surface area contributed by atoms with E-state index in [1.165, 1.54) is 63.0 Å². The van der Waals surface area contributed by atoms with Gasteiger partial charge in [0.25, 0.3) is 0 Å². The Morgan fingerprint density at radius 2 is 1.48 bits per heavy atom. The minimum atomic E-state index is -2.21. The second kappa shape index (κ2) is 9.76. The van der Waals surface area contributed by atoms with E-state index >= 15 is 0 Å². The minimum absolute atomic E-state index is 0.808. The first-order valence-electron chi connectivity index (χ1n) is 9.68. The predicted octanol–water partition coefficient (Wildman–Crippen LogP) is 6.85. The molecule has 0 N–H and O–H groups in total. The van der Waals surface area contributed by atoms with Gasteiger partial charge in [-0.15, -0.1) is 0 Å². The average molecular weight is 421 g/mol. The summed E-state index contributed by atoms with van der Waals surface area (Å²) in [6.45, 7) is 7.84. The number of para-hydroxylation sites is 1. The van der Waals surface area contributed by atoms with E-state index in [1.807, 2.05) is 0 Å². The van der Waals surface area contributed by atoms with Crippen LogP contribution in [0, 0.1) is 0 Å². The molecular weight excluding hydrogens is 387 g/mol. The van der Waals surface area contributed by atoms with E-state index in [-0.39, 0.29) is 0 Å². The van der Waals surface area contributed by atoms with Crippen LogP contribution in [0.3, 0.4) is 0 Å². The summed E-state index contributed by atoms with van der Waals surface area (Å²) in [6, 6.07) is 8.62. The quantitative estimate of drug-likeness (QED) is 0.376. The molecule has 1 aromatic rings. The fourth-order valence-corrected chi connectivity index (χ4v) is 19.0. The topological polar surface area (TPSA) is 9.23 Å². The standard InChI is InChI=1S/C9H7O.3C4H9.Sn/c1-7-6-10-9-5-3-2-4-8(7)9;3*1-3-4-2;/h1-5H,6H2;3*1,3-4H2,2H3;. The Labute approximate surface area is 147 Å². The van der Waals surface area contributed by atoms with Crippen molar-refractivity contribution in [2.75, 3.05) is 6.61 Å². The summed E-state index contributed by atoms with van der Waals surface area (Å²) in [6.07, 6.45) is 8.30. The van der Waals surface area contributed by atoms with Gasteiger partial charge in [-0.1, -0.05) is 0 Å². The molecule has 1 heterocycles. The first kappa shape index (κ1) is 18.9. The monoisotopic (exact) mass is 422 g/mol. The van der Waals surface area contributed by atoms with Crippen molar-refractivity contribution < 1.29 is 4.74 Å². The van der Waals surface area contributed by atoms with Crippen LogP contribution in [0.5, 0.6) is 5.75 Å². The number of fused-ring (bicyclic) bond motifs is 1. The molecule has 0 fully saturated rings. The second-order valence-electron chi connectivity index (χ2n) is 7.13. The summed E-state index contributed by atoms with van der Waals surface area (Å²) in [4.78, 5) is 0. The van der Waals surface area contributed by atoms with E-state index in [4.69, 9.17) is 4.74 Å². The number of rotatable bonds is 10. The van der Waals surface area contributed by atoms with Crippen LogP contribution in [0.15, 0.2) is 28.4 Å². The van der Waals surface area contributed by atoms with Gasteiger partial charge in [0.05, 0.1) is 0 Å². The number of ether oxygens (including phenoxy) is 1. The molecule has 0 spiro atoms. The third-order valence-corrected chi connectivity index (χ3v) is 19.5. The Kier molecular flexibility index (Phi) is 8.01. The molecule has 1 nitrogen and oxygen atoms in total. The summed E-state index contributed by atoms with van der Waals surface area (Å²) >= 11 is -2.21. The fourth-order valence-electron chi connectivity index (χ4n) is 3.76. The molecule has 23 heavy (non-hydrogen) atoms. The molecule has 2 heteroatoms. The molecule has 0 amide bonds. The van der Waals surface area contributed by atoms with Crippen molar-refractivity contribution in [2.24, 2.45) is 0 Å². The van der Waals surface area contributed by atoms with Gasteiger partial charge in [-0.3, -0.25) is 0 Å². The number of hydrogen-bond donors (Lipinski definition) is 0. The fraction of sp³-hybridized carbons (Fsp3) is 0.619. The first-order chi connectivity index (χ1) is 11.2. The molecule has 0 aliphatic carbocycles. The van der Waals surface area contributed by atoms with Gasteiger partial charge in [-0.05, 0) is 0 Å². The predicted molar refractivity (Wildman–Crippen MR) is 105 cm³/mol. The summed E-state index contributed by atoms with van der Waals surface area (Å²) < 4.78 is 13.4. The molecule has 0 radical (unpaired) electrons. The molecule has 0 saturated carbocycles. The number of hydrogen-bond acceptors (Lipinski definition) is 1. The molecule has 2 rings (SSSR count).